The van der Waals surface area contributed by atoms with Crippen LogP contribution in [0.25, 0.3) is 0 Å². The minimum atomic E-state index is -1.80. The van der Waals surface area contributed by atoms with Crippen molar-refractivity contribution < 1.29 is 19.2 Å². The van der Waals surface area contributed by atoms with E-state index in [1.165, 1.54) is 18.5 Å². The summed E-state index contributed by atoms with van der Waals surface area (Å²) in [6, 6.07) is 3.57. The number of hydrogen-bond acceptors (Lipinski definition) is 5. The van der Waals surface area contributed by atoms with Crippen molar-refractivity contribution in [1.29, 1.82) is 0 Å². The third-order valence-electron chi connectivity index (χ3n) is 2.74. The molecule has 8 heteroatoms. The van der Waals surface area contributed by atoms with Crippen molar-refractivity contribution in [1.82, 2.24) is 14.8 Å². The van der Waals surface area contributed by atoms with Crippen LogP contribution < -0.4 is 10.2 Å². The van der Waals surface area contributed by atoms with Crippen LogP contribution in [0.3, 0.4) is 0 Å². The number of nitrogens with zero attached hydrogens (tertiary/aromatic N) is 3. The van der Waals surface area contributed by atoms with Crippen LogP contribution in [0.4, 0.5) is 4.39 Å². The van der Waals surface area contributed by atoms with Gasteiger partial charge in [-0.15, -0.1) is 0 Å². The first kappa shape index (κ1) is 14.5. The molecule has 0 radical (unpaired) electrons. The maximum atomic E-state index is 13.1. The molecule has 2 rings (SSSR count). The molecule has 20 heavy (non-hydrogen) atoms. The van der Waals surface area contributed by atoms with Gasteiger partial charge in [-0.1, -0.05) is 6.92 Å². The van der Waals surface area contributed by atoms with Crippen molar-refractivity contribution in [2.75, 3.05) is 0 Å². The molecule has 0 aliphatic heterocycles. The lowest BCUT2D eigenvalue weighted by Crippen LogP contribution is -2.32. The first-order valence-corrected chi connectivity index (χ1v) is 6.27. The highest BCUT2D eigenvalue weighted by Crippen LogP contribution is 2.11. The maximum absolute atomic E-state index is 13.1. The van der Waals surface area contributed by atoms with Gasteiger partial charge in [-0.2, -0.15) is 5.10 Å². The summed E-state index contributed by atoms with van der Waals surface area (Å²) >= 11 is 0. The number of halogens is 1. The zero-order valence-electron chi connectivity index (χ0n) is 11.0. The van der Waals surface area contributed by atoms with Gasteiger partial charge < -0.3 is 14.8 Å². The largest absolute Gasteiger partial charge is 0.492 e. The minimum absolute atomic E-state index is 0.0217. The molecule has 2 N–H and O–H groups in total. The van der Waals surface area contributed by atoms with Gasteiger partial charge in [0.1, 0.15) is 24.5 Å². The third kappa shape index (κ3) is 3.34. The van der Waals surface area contributed by atoms with E-state index in [4.69, 9.17) is 4.74 Å². The summed E-state index contributed by atoms with van der Waals surface area (Å²) in [5.74, 6) is 0.261. The van der Waals surface area contributed by atoms with Crippen LogP contribution in [-0.2, 0) is 13.2 Å². The lowest BCUT2D eigenvalue weighted by Gasteiger charge is -2.11. The van der Waals surface area contributed by atoms with Gasteiger partial charge in [-0.25, -0.2) is 14.1 Å². The number of aryl methyl sites for hydroxylation is 1. The van der Waals surface area contributed by atoms with Crippen molar-refractivity contribution >= 4 is 12.6 Å². The smallest absolute Gasteiger partial charge is 0.486 e. The zero-order valence-corrected chi connectivity index (χ0v) is 11.0. The Balaban J connectivity index is 2.12. The van der Waals surface area contributed by atoms with Gasteiger partial charge >= 0.3 is 7.12 Å². The molecule has 0 saturated heterocycles. The fourth-order valence-corrected chi connectivity index (χ4v) is 1.79. The number of benzene rings is 1. The predicted octanol–water partition coefficient (Wildman–Crippen LogP) is 0.0860. The molecule has 1 heterocycles. The molecule has 2 aromatic rings. The molecule has 0 bridgehead atoms. The number of aromatic nitrogens is 3. The summed E-state index contributed by atoms with van der Waals surface area (Å²) in [6.07, 6.45) is 2.34. The Kier molecular flexibility index (Phi) is 4.70. The second-order valence-corrected chi connectivity index (χ2v) is 4.24. The Morgan fingerprint density at radius 1 is 1.40 bits per heavy atom. The molecule has 0 unspecified atom stereocenters. The van der Waals surface area contributed by atoms with Crippen LogP contribution in [0.1, 0.15) is 19.2 Å². The summed E-state index contributed by atoms with van der Waals surface area (Å²) in [5.41, 5.74) is -0.0217. The molecular weight excluding hydrogens is 264 g/mol. The number of ether oxygens (including phenoxy) is 1. The van der Waals surface area contributed by atoms with Crippen molar-refractivity contribution in [2.45, 2.75) is 26.5 Å². The van der Waals surface area contributed by atoms with Crippen molar-refractivity contribution in [2.24, 2.45) is 0 Å². The van der Waals surface area contributed by atoms with Crippen LogP contribution in [0, 0.1) is 5.82 Å². The van der Waals surface area contributed by atoms with Crippen LogP contribution in [0.2, 0.25) is 0 Å². The molecule has 1 aromatic heterocycles. The van der Waals surface area contributed by atoms with Gasteiger partial charge in [-0.05, 0) is 24.6 Å². The Hall–Kier alpha value is -1.93. The highest BCUT2D eigenvalue weighted by Gasteiger charge is 2.18. The van der Waals surface area contributed by atoms with Gasteiger partial charge in [0.25, 0.3) is 0 Å². The second-order valence-electron chi connectivity index (χ2n) is 4.24. The maximum Gasteiger partial charge on any atom is 0.492 e. The fraction of sp³-hybridized carbons (Fsp3) is 0.333. The van der Waals surface area contributed by atoms with Gasteiger partial charge in [0.15, 0.2) is 5.82 Å². The Bertz CT molecular complexity index is 577. The molecule has 0 saturated carbocycles. The van der Waals surface area contributed by atoms with Gasteiger partial charge in [0, 0.05) is 12.0 Å². The SMILES string of the molecule is CCCn1ncnc1COc1ccc(F)cc1B(O)O. The van der Waals surface area contributed by atoms with E-state index in [2.05, 4.69) is 10.1 Å². The summed E-state index contributed by atoms with van der Waals surface area (Å²) in [5, 5.41) is 22.5. The molecule has 0 aliphatic rings. The summed E-state index contributed by atoms with van der Waals surface area (Å²) in [6.45, 7) is 2.86. The Morgan fingerprint density at radius 3 is 2.90 bits per heavy atom. The molecule has 1 aromatic carbocycles. The Morgan fingerprint density at radius 2 is 2.20 bits per heavy atom. The van der Waals surface area contributed by atoms with Crippen LogP contribution >= 0.6 is 0 Å². The van der Waals surface area contributed by atoms with Crippen molar-refractivity contribution in [3.05, 3.63) is 36.2 Å². The van der Waals surface area contributed by atoms with E-state index in [9.17, 15) is 14.4 Å². The summed E-state index contributed by atoms with van der Waals surface area (Å²) in [4.78, 5) is 4.07. The second kappa shape index (κ2) is 6.49. The third-order valence-corrected chi connectivity index (χ3v) is 2.74. The minimum Gasteiger partial charge on any atom is -0.486 e. The van der Waals surface area contributed by atoms with Gasteiger partial charge in [0.05, 0.1) is 0 Å². The van der Waals surface area contributed by atoms with E-state index in [1.54, 1.807) is 4.68 Å². The quantitative estimate of drug-likeness (QED) is 0.732. The predicted molar refractivity (Wildman–Crippen MR) is 70.9 cm³/mol. The average Bonchev–Trinajstić information content (AvgIpc) is 2.85. The van der Waals surface area contributed by atoms with E-state index in [0.29, 0.717) is 5.82 Å². The van der Waals surface area contributed by atoms with E-state index in [-0.39, 0.29) is 17.8 Å². The van der Waals surface area contributed by atoms with Crippen molar-refractivity contribution in [3.8, 4) is 5.75 Å². The molecule has 0 aliphatic carbocycles. The lowest BCUT2D eigenvalue weighted by atomic mass is 9.79. The van der Waals surface area contributed by atoms with Crippen LogP contribution in [-0.4, -0.2) is 31.9 Å². The molecule has 0 amide bonds. The van der Waals surface area contributed by atoms with E-state index in [0.717, 1.165) is 19.0 Å². The van der Waals surface area contributed by atoms with E-state index >= 15 is 0 Å². The number of hydrogen-bond donors (Lipinski definition) is 2. The zero-order chi connectivity index (χ0) is 14.5. The molecule has 6 nitrogen and oxygen atoms in total. The summed E-state index contributed by atoms with van der Waals surface area (Å²) < 4.78 is 20.3. The molecular formula is C12H15BFN3O3. The fourth-order valence-electron chi connectivity index (χ4n) is 1.79. The first-order chi connectivity index (χ1) is 9.61. The summed E-state index contributed by atoms with van der Waals surface area (Å²) in [7, 11) is -1.80. The van der Waals surface area contributed by atoms with E-state index in [1.807, 2.05) is 6.92 Å². The van der Waals surface area contributed by atoms with Crippen LogP contribution in [0.5, 0.6) is 5.75 Å². The Labute approximate surface area is 116 Å². The van der Waals surface area contributed by atoms with Gasteiger partial charge in [0.2, 0.25) is 0 Å². The van der Waals surface area contributed by atoms with E-state index < -0.39 is 12.9 Å². The van der Waals surface area contributed by atoms with Crippen LogP contribution in [0.15, 0.2) is 24.5 Å². The molecule has 0 atom stereocenters. The molecule has 0 fully saturated rings. The standard InChI is InChI=1S/C12H15BFN3O3/c1-2-5-17-12(15-8-16-17)7-20-11-4-3-9(14)6-10(11)13(18)19/h3-4,6,8,18-19H,2,5,7H2,1H3. The van der Waals surface area contributed by atoms with Gasteiger partial charge in [-0.3, -0.25) is 0 Å². The molecule has 0 spiro atoms. The highest BCUT2D eigenvalue weighted by atomic mass is 19.1. The normalized spacial score (nSPS) is 10.6. The van der Waals surface area contributed by atoms with Crippen molar-refractivity contribution in [3.63, 3.8) is 0 Å². The highest BCUT2D eigenvalue weighted by molar-refractivity contribution is 6.59. The molecule has 106 valence electrons. The average molecular weight is 279 g/mol. The lowest BCUT2D eigenvalue weighted by molar-refractivity contribution is 0.286. The monoisotopic (exact) mass is 279 g/mol. The number of rotatable bonds is 6. The topological polar surface area (TPSA) is 80.4 Å². The first-order valence-electron chi connectivity index (χ1n) is 6.27.